The monoisotopic (exact) mass is 631 g/mol. The molecule has 1 atom stereocenters. The maximum Gasteiger partial charge on any atom is 0.264 e. The van der Waals surface area contributed by atoms with Gasteiger partial charge in [0.1, 0.15) is 11.0 Å². The summed E-state index contributed by atoms with van der Waals surface area (Å²) in [6.07, 6.45) is 8.24. The number of halogens is 3. The van der Waals surface area contributed by atoms with E-state index >= 15 is 0 Å². The second-order valence-electron chi connectivity index (χ2n) is 12.1. The third-order valence-electron chi connectivity index (χ3n) is 9.02. The van der Waals surface area contributed by atoms with Crippen molar-refractivity contribution in [1.82, 2.24) is 14.2 Å². The van der Waals surface area contributed by atoms with E-state index < -0.39 is 6.43 Å². The number of nitrogens with zero attached hydrogens (tertiary/aromatic N) is 5. The molecule has 3 saturated heterocycles. The van der Waals surface area contributed by atoms with Crippen molar-refractivity contribution in [1.29, 1.82) is 0 Å². The van der Waals surface area contributed by atoms with Crippen LogP contribution >= 0.6 is 23.5 Å². The summed E-state index contributed by atoms with van der Waals surface area (Å²) >= 11 is 7.65. The van der Waals surface area contributed by atoms with Gasteiger partial charge in [0, 0.05) is 73.1 Å². The van der Waals surface area contributed by atoms with Crippen molar-refractivity contribution in [3.8, 4) is 0 Å². The molecule has 43 heavy (non-hydrogen) atoms. The zero-order valence-electron chi connectivity index (χ0n) is 25.2. The minimum Gasteiger partial charge on any atom is -0.354 e. The van der Waals surface area contributed by atoms with Crippen LogP contribution in [0.25, 0.3) is 0 Å². The van der Waals surface area contributed by atoms with Crippen molar-refractivity contribution in [3.05, 3.63) is 59.4 Å². The van der Waals surface area contributed by atoms with Crippen molar-refractivity contribution in [2.24, 2.45) is 5.92 Å². The SMILES string of the molecule is C=C1CCCN1c1ccc(SN2CCN(c3cc(C(F)F)cc(Cl)n3)CC2)cc1.CC1CCCN1C(=O)C1CCCCC1. The van der Waals surface area contributed by atoms with E-state index in [1.165, 1.54) is 66.9 Å². The van der Waals surface area contributed by atoms with E-state index in [1.54, 1.807) is 11.9 Å². The Balaban J connectivity index is 0.000000220. The molecule has 6 nitrogen and oxygen atoms in total. The Morgan fingerprint density at radius 1 is 0.953 bits per heavy atom. The Morgan fingerprint density at radius 3 is 2.28 bits per heavy atom. The van der Waals surface area contributed by atoms with Crippen LogP contribution in [0.2, 0.25) is 5.15 Å². The molecule has 1 unspecified atom stereocenters. The number of carbonyl (C=O) groups is 1. The third-order valence-corrected chi connectivity index (χ3v) is 10.3. The number of pyridine rings is 1. The van der Waals surface area contributed by atoms with E-state index in [2.05, 4.69) is 56.9 Å². The third kappa shape index (κ3) is 8.43. The van der Waals surface area contributed by atoms with Gasteiger partial charge in [0.2, 0.25) is 5.91 Å². The van der Waals surface area contributed by atoms with E-state index in [9.17, 15) is 13.6 Å². The smallest absolute Gasteiger partial charge is 0.264 e. The molecule has 234 valence electrons. The fraction of sp³-hybridized carbons (Fsp3) is 0.576. The van der Waals surface area contributed by atoms with Crippen LogP contribution in [-0.4, -0.2) is 65.4 Å². The predicted molar refractivity (Wildman–Crippen MR) is 173 cm³/mol. The number of piperazine rings is 1. The van der Waals surface area contributed by atoms with Crippen LogP contribution in [0.15, 0.2) is 53.6 Å². The minimum atomic E-state index is -2.55. The van der Waals surface area contributed by atoms with Crippen LogP contribution in [0.3, 0.4) is 0 Å². The number of anilines is 2. The first-order valence-corrected chi connectivity index (χ1v) is 16.9. The fourth-order valence-electron chi connectivity index (χ4n) is 6.53. The quantitative estimate of drug-likeness (QED) is 0.237. The van der Waals surface area contributed by atoms with Gasteiger partial charge in [-0.3, -0.25) is 4.79 Å². The first-order valence-electron chi connectivity index (χ1n) is 15.8. The first kappa shape index (κ1) is 32.0. The molecule has 1 aliphatic carbocycles. The molecular formula is C33H44ClF2N5OS. The summed E-state index contributed by atoms with van der Waals surface area (Å²) in [6, 6.07) is 11.8. The van der Waals surface area contributed by atoms with Crippen molar-refractivity contribution in [2.75, 3.05) is 49.1 Å². The summed E-state index contributed by atoms with van der Waals surface area (Å²) in [4.78, 5) is 24.0. The zero-order valence-corrected chi connectivity index (χ0v) is 26.8. The lowest BCUT2D eigenvalue weighted by Crippen LogP contribution is -2.43. The fourth-order valence-corrected chi connectivity index (χ4v) is 7.64. The first-order chi connectivity index (χ1) is 20.8. The van der Waals surface area contributed by atoms with Gasteiger partial charge in [-0.05, 0) is 93.8 Å². The van der Waals surface area contributed by atoms with Gasteiger partial charge in [-0.15, -0.1) is 0 Å². The van der Waals surface area contributed by atoms with Crippen LogP contribution in [-0.2, 0) is 4.79 Å². The maximum atomic E-state index is 13.0. The molecule has 1 aromatic heterocycles. The lowest BCUT2D eigenvalue weighted by molar-refractivity contribution is -0.137. The molecule has 0 bridgehead atoms. The Bertz CT molecular complexity index is 1230. The van der Waals surface area contributed by atoms with Gasteiger partial charge >= 0.3 is 0 Å². The Labute approximate surface area is 264 Å². The number of hydrogen-bond acceptors (Lipinski definition) is 6. The largest absolute Gasteiger partial charge is 0.354 e. The molecule has 4 heterocycles. The van der Waals surface area contributed by atoms with Crippen LogP contribution in [0, 0.1) is 5.92 Å². The molecule has 10 heteroatoms. The molecule has 0 spiro atoms. The summed E-state index contributed by atoms with van der Waals surface area (Å²) in [7, 11) is 0. The average Bonchev–Trinajstić information content (AvgIpc) is 3.65. The number of benzene rings is 1. The van der Waals surface area contributed by atoms with Crippen LogP contribution in [0.5, 0.6) is 0 Å². The van der Waals surface area contributed by atoms with Gasteiger partial charge in [-0.1, -0.05) is 37.4 Å². The van der Waals surface area contributed by atoms with Crippen LogP contribution < -0.4 is 9.80 Å². The highest BCUT2D eigenvalue weighted by molar-refractivity contribution is 7.97. The van der Waals surface area contributed by atoms with Crippen LogP contribution in [0.1, 0.15) is 76.7 Å². The number of carbonyl (C=O) groups excluding carboxylic acids is 1. The highest BCUT2D eigenvalue weighted by atomic mass is 35.5. The lowest BCUT2D eigenvalue weighted by Gasteiger charge is -2.34. The van der Waals surface area contributed by atoms with E-state index in [0.717, 1.165) is 45.4 Å². The van der Waals surface area contributed by atoms with Crippen molar-refractivity contribution in [2.45, 2.75) is 82.1 Å². The molecule has 4 aliphatic rings. The van der Waals surface area contributed by atoms with Crippen LogP contribution in [0.4, 0.5) is 20.3 Å². The molecular weight excluding hydrogens is 588 g/mol. The molecule has 1 aromatic carbocycles. The summed E-state index contributed by atoms with van der Waals surface area (Å²) in [6.45, 7) is 11.4. The standard InChI is InChI=1S/C21H23ClF2N4S.C12H21NO/c1-15-3-2-8-28(15)17-4-6-18(7-5-17)29-27-11-9-26(10-12-27)20-14-16(21(23)24)13-19(22)25-20;1-10-6-5-9-13(10)12(14)11-7-3-2-4-8-11/h4-7,13-14,21H,1-3,8-12H2;10-11H,2-9H2,1H3. The van der Waals surface area contributed by atoms with Gasteiger partial charge in [-0.25, -0.2) is 18.1 Å². The summed E-state index contributed by atoms with van der Waals surface area (Å²) in [5.74, 6) is 1.34. The van der Waals surface area contributed by atoms with Gasteiger partial charge in [0.25, 0.3) is 6.43 Å². The zero-order chi connectivity index (χ0) is 30.3. The van der Waals surface area contributed by atoms with Gasteiger partial charge in [0.05, 0.1) is 0 Å². The van der Waals surface area contributed by atoms with E-state index in [4.69, 9.17) is 11.6 Å². The average molecular weight is 632 g/mol. The molecule has 4 fully saturated rings. The molecule has 2 aromatic rings. The lowest BCUT2D eigenvalue weighted by atomic mass is 9.88. The van der Waals surface area contributed by atoms with Gasteiger partial charge < -0.3 is 14.7 Å². The number of amides is 1. The molecule has 1 amide bonds. The molecule has 0 N–H and O–H groups in total. The maximum absolute atomic E-state index is 13.0. The van der Waals surface area contributed by atoms with Gasteiger partial charge in [0.15, 0.2) is 0 Å². The van der Waals surface area contributed by atoms with E-state index in [1.807, 2.05) is 4.90 Å². The molecule has 3 aliphatic heterocycles. The number of hydrogen-bond donors (Lipinski definition) is 0. The second-order valence-corrected chi connectivity index (χ2v) is 13.6. The summed E-state index contributed by atoms with van der Waals surface area (Å²) in [5, 5.41) is 0.107. The minimum absolute atomic E-state index is 0.0856. The van der Waals surface area contributed by atoms with Crippen molar-refractivity contribution < 1.29 is 13.6 Å². The Morgan fingerprint density at radius 2 is 1.67 bits per heavy atom. The highest BCUT2D eigenvalue weighted by Gasteiger charge is 2.31. The Hall–Kier alpha value is -2.36. The number of alkyl halides is 2. The molecule has 6 rings (SSSR count). The topological polar surface area (TPSA) is 42.9 Å². The number of rotatable bonds is 6. The number of likely N-dealkylation sites (tertiary alicyclic amines) is 1. The normalized spacial score (nSPS) is 21.8. The summed E-state index contributed by atoms with van der Waals surface area (Å²) < 4.78 is 28.3. The van der Waals surface area contributed by atoms with Gasteiger partial charge in [-0.2, -0.15) is 0 Å². The van der Waals surface area contributed by atoms with Crippen molar-refractivity contribution in [3.63, 3.8) is 0 Å². The van der Waals surface area contributed by atoms with E-state index in [-0.39, 0.29) is 10.7 Å². The molecule has 1 saturated carbocycles. The predicted octanol–water partition coefficient (Wildman–Crippen LogP) is 8.19. The second kappa shape index (κ2) is 15.1. The Kier molecular flexibility index (Phi) is 11.2. The van der Waals surface area contributed by atoms with Crippen molar-refractivity contribution >= 4 is 41.0 Å². The number of allylic oxidation sites excluding steroid dienone is 1. The van der Waals surface area contributed by atoms with E-state index in [0.29, 0.717) is 36.8 Å². The molecule has 0 radical (unpaired) electrons. The summed E-state index contributed by atoms with van der Waals surface area (Å²) in [5.41, 5.74) is 2.30. The number of aromatic nitrogens is 1. The highest BCUT2D eigenvalue weighted by Crippen LogP contribution is 2.32.